The third-order valence-corrected chi connectivity index (χ3v) is 3.82. The van der Waals surface area contributed by atoms with Crippen molar-refractivity contribution in [1.29, 1.82) is 0 Å². The minimum atomic E-state index is -0.515. The first-order valence-corrected chi connectivity index (χ1v) is 8.54. The summed E-state index contributed by atoms with van der Waals surface area (Å²) in [4.78, 5) is 12.7. The van der Waals surface area contributed by atoms with Crippen molar-refractivity contribution < 1.29 is 19.0 Å². The fourth-order valence-corrected chi connectivity index (χ4v) is 2.54. The van der Waals surface area contributed by atoms with Gasteiger partial charge >= 0.3 is 5.97 Å². The van der Waals surface area contributed by atoms with E-state index in [2.05, 4.69) is 0 Å². The molecule has 0 aliphatic rings. The van der Waals surface area contributed by atoms with E-state index >= 15 is 0 Å². The Labute approximate surface area is 158 Å². The first-order valence-electron chi connectivity index (χ1n) is 8.54. The number of ether oxygens (including phenoxy) is 3. The van der Waals surface area contributed by atoms with Crippen molar-refractivity contribution in [3.8, 4) is 11.5 Å². The topological polar surface area (TPSA) is 44.8 Å². The summed E-state index contributed by atoms with van der Waals surface area (Å²) in [6.45, 7) is 0.395. The van der Waals surface area contributed by atoms with Crippen molar-refractivity contribution in [2.75, 3.05) is 7.11 Å². The van der Waals surface area contributed by atoms with Crippen molar-refractivity contribution in [3.05, 3.63) is 102 Å². The number of hydrogen-bond donors (Lipinski definition) is 0. The van der Waals surface area contributed by atoms with Gasteiger partial charge in [-0.25, -0.2) is 4.79 Å². The lowest BCUT2D eigenvalue weighted by atomic mass is 10.1. The van der Waals surface area contributed by atoms with Crippen molar-refractivity contribution in [3.63, 3.8) is 0 Å². The molecule has 0 amide bonds. The molecule has 3 aromatic carbocycles. The number of methoxy groups -OCH3 is 1. The second-order valence-corrected chi connectivity index (χ2v) is 5.74. The van der Waals surface area contributed by atoms with E-state index in [-0.39, 0.29) is 5.57 Å². The van der Waals surface area contributed by atoms with Gasteiger partial charge in [0.1, 0.15) is 23.7 Å². The number of benzene rings is 3. The molecule has 0 unspecified atom stereocenters. The summed E-state index contributed by atoms with van der Waals surface area (Å²) in [5.41, 5.74) is 1.93. The molecule has 0 saturated heterocycles. The molecule has 0 radical (unpaired) electrons. The van der Waals surface area contributed by atoms with E-state index in [1.54, 1.807) is 30.3 Å². The van der Waals surface area contributed by atoms with E-state index < -0.39 is 5.97 Å². The van der Waals surface area contributed by atoms with Crippen LogP contribution >= 0.6 is 0 Å². The fourth-order valence-electron chi connectivity index (χ4n) is 2.54. The number of carbonyl (C=O) groups excluding carboxylic acids is 1. The van der Waals surface area contributed by atoms with Crippen LogP contribution in [-0.2, 0) is 16.1 Å². The lowest BCUT2D eigenvalue weighted by molar-refractivity contribution is -0.128. The first kappa shape index (κ1) is 18.3. The minimum absolute atomic E-state index is 0.282. The molecule has 0 heterocycles. The summed E-state index contributed by atoms with van der Waals surface area (Å²) >= 11 is 0. The van der Waals surface area contributed by atoms with Crippen LogP contribution in [-0.4, -0.2) is 13.1 Å². The van der Waals surface area contributed by atoms with Crippen molar-refractivity contribution in [2.24, 2.45) is 0 Å². The third-order valence-electron chi connectivity index (χ3n) is 3.82. The standard InChI is InChI=1S/C23H20O4/c1-25-17-21(23(24)27-19-12-6-3-7-13-19)20-14-8-9-15-22(20)26-16-18-10-4-2-5-11-18/h2-15,17H,16H2,1H3/b21-17-. The van der Waals surface area contributed by atoms with E-state index in [1.165, 1.54) is 13.4 Å². The van der Waals surface area contributed by atoms with E-state index in [9.17, 15) is 4.79 Å². The fraction of sp³-hybridized carbons (Fsp3) is 0.0870. The van der Waals surface area contributed by atoms with Crippen LogP contribution in [0, 0.1) is 0 Å². The van der Waals surface area contributed by atoms with Crippen molar-refractivity contribution in [2.45, 2.75) is 6.61 Å². The Kier molecular flexibility index (Phi) is 6.26. The van der Waals surface area contributed by atoms with Gasteiger partial charge in [-0.15, -0.1) is 0 Å². The lowest BCUT2D eigenvalue weighted by Gasteiger charge is -2.14. The molecule has 0 bridgehead atoms. The van der Waals surface area contributed by atoms with E-state index in [4.69, 9.17) is 14.2 Å². The summed E-state index contributed by atoms with van der Waals surface area (Å²) in [7, 11) is 1.49. The second kappa shape index (κ2) is 9.25. The maximum Gasteiger partial charge on any atom is 0.347 e. The molecule has 0 aliphatic carbocycles. The predicted octanol–water partition coefficient (Wildman–Crippen LogP) is 4.86. The Morgan fingerprint density at radius 1 is 0.852 bits per heavy atom. The van der Waals surface area contributed by atoms with Crippen LogP contribution < -0.4 is 9.47 Å². The summed E-state index contributed by atoms with van der Waals surface area (Å²) < 4.78 is 16.5. The van der Waals surface area contributed by atoms with E-state index in [0.29, 0.717) is 23.7 Å². The molecule has 27 heavy (non-hydrogen) atoms. The molecule has 3 rings (SSSR count). The van der Waals surface area contributed by atoms with E-state index in [1.807, 2.05) is 54.6 Å². The summed E-state index contributed by atoms with van der Waals surface area (Å²) in [6, 6.07) is 26.1. The van der Waals surface area contributed by atoms with Crippen molar-refractivity contribution >= 4 is 11.5 Å². The van der Waals surface area contributed by atoms with Gasteiger partial charge in [0.25, 0.3) is 0 Å². The van der Waals surface area contributed by atoms with Gasteiger partial charge < -0.3 is 14.2 Å². The summed E-state index contributed by atoms with van der Waals surface area (Å²) in [5, 5.41) is 0. The summed E-state index contributed by atoms with van der Waals surface area (Å²) in [5.74, 6) is 0.528. The molecular formula is C23H20O4. The maximum absolute atomic E-state index is 12.7. The zero-order chi connectivity index (χ0) is 18.9. The van der Waals surface area contributed by atoms with Gasteiger partial charge in [-0.3, -0.25) is 0 Å². The largest absolute Gasteiger partial charge is 0.503 e. The zero-order valence-electron chi connectivity index (χ0n) is 15.0. The molecule has 136 valence electrons. The van der Waals surface area contributed by atoms with Gasteiger partial charge in [0.2, 0.25) is 0 Å². The van der Waals surface area contributed by atoms with Gasteiger partial charge in [-0.05, 0) is 23.8 Å². The molecule has 0 aromatic heterocycles. The van der Waals surface area contributed by atoms with Gasteiger partial charge in [0, 0.05) is 5.56 Å². The molecule has 0 saturated carbocycles. The quantitative estimate of drug-likeness (QED) is 0.261. The highest BCUT2D eigenvalue weighted by Gasteiger charge is 2.19. The normalized spacial score (nSPS) is 10.9. The average Bonchev–Trinajstić information content (AvgIpc) is 2.72. The highest BCUT2D eigenvalue weighted by molar-refractivity contribution is 6.17. The van der Waals surface area contributed by atoms with Crippen LogP contribution in [0.1, 0.15) is 11.1 Å². The van der Waals surface area contributed by atoms with Crippen LogP contribution in [0.5, 0.6) is 11.5 Å². The van der Waals surface area contributed by atoms with Crippen LogP contribution in [0.3, 0.4) is 0 Å². The Hall–Kier alpha value is -3.53. The SMILES string of the molecule is CO/C=C(\C(=O)Oc1ccccc1)c1ccccc1OCc1ccccc1. The lowest BCUT2D eigenvalue weighted by Crippen LogP contribution is -2.12. The molecule has 4 nitrogen and oxygen atoms in total. The smallest absolute Gasteiger partial charge is 0.347 e. The Bertz CT molecular complexity index is 902. The van der Waals surface area contributed by atoms with Gasteiger partial charge in [-0.2, -0.15) is 0 Å². The molecule has 0 fully saturated rings. The molecular weight excluding hydrogens is 340 g/mol. The first-order chi connectivity index (χ1) is 13.3. The number of rotatable bonds is 7. The molecule has 0 N–H and O–H groups in total. The molecule has 0 atom stereocenters. The second-order valence-electron chi connectivity index (χ2n) is 5.74. The average molecular weight is 360 g/mol. The highest BCUT2D eigenvalue weighted by atomic mass is 16.5. The Morgan fingerprint density at radius 2 is 1.48 bits per heavy atom. The van der Waals surface area contributed by atoms with E-state index in [0.717, 1.165) is 5.56 Å². The molecule has 0 spiro atoms. The summed E-state index contributed by atoms with van der Waals surface area (Å²) in [6.07, 6.45) is 1.37. The van der Waals surface area contributed by atoms with Crippen LogP contribution in [0.25, 0.3) is 5.57 Å². The highest BCUT2D eigenvalue weighted by Crippen LogP contribution is 2.28. The van der Waals surface area contributed by atoms with Crippen LogP contribution in [0.2, 0.25) is 0 Å². The molecule has 3 aromatic rings. The molecule has 0 aliphatic heterocycles. The van der Waals surface area contributed by atoms with Gasteiger partial charge in [-0.1, -0.05) is 66.7 Å². The number of esters is 1. The Balaban J connectivity index is 1.83. The number of hydrogen-bond acceptors (Lipinski definition) is 4. The van der Waals surface area contributed by atoms with Crippen LogP contribution in [0.15, 0.2) is 91.2 Å². The Morgan fingerprint density at radius 3 is 2.19 bits per heavy atom. The monoisotopic (exact) mass is 360 g/mol. The predicted molar refractivity (Wildman–Crippen MR) is 104 cm³/mol. The van der Waals surface area contributed by atoms with Gasteiger partial charge in [0.15, 0.2) is 0 Å². The third kappa shape index (κ3) is 4.98. The maximum atomic E-state index is 12.7. The van der Waals surface area contributed by atoms with Crippen LogP contribution in [0.4, 0.5) is 0 Å². The number of para-hydroxylation sites is 2. The number of carbonyl (C=O) groups is 1. The zero-order valence-corrected chi connectivity index (χ0v) is 15.0. The van der Waals surface area contributed by atoms with Gasteiger partial charge in [0.05, 0.1) is 13.4 Å². The van der Waals surface area contributed by atoms with Crippen molar-refractivity contribution in [1.82, 2.24) is 0 Å². The molecule has 4 heteroatoms. The minimum Gasteiger partial charge on any atom is -0.503 e.